The second-order valence-corrected chi connectivity index (χ2v) is 3.20. The zero-order chi connectivity index (χ0) is 10.9. The molecule has 15 heavy (non-hydrogen) atoms. The molecule has 0 N–H and O–H groups in total. The molecule has 0 aliphatic heterocycles. The Morgan fingerprint density at radius 2 is 1.93 bits per heavy atom. The quantitative estimate of drug-likeness (QED) is 0.528. The molecule has 0 spiro atoms. The van der Waals surface area contributed by atoms with Gasteiger partial charge < -0.3 is 9.47 Å². The highest BCUT2D eigenvalue weighted by molar-refractivity contribution is 5.69. The van der Waals surface area contributed by atoms with E-state index in [4.69, 9.17) is 9.47 Å². The molecule has 82 valence electrons. The van der Waals surface area contributed by atoms with Crippen LogP contribution in [0.2, 0.25) is 0 Å². The van der Waals surface area contributed by atoms with E-state index in [0.717, 1.165) is 12.0 Å². The van der Waals surface area contributed by atoms with E-state index < -0.39 is 0 Å². The number of hydrogen-bond donors (Lipinski definition) is 0. The van der Waals surface area contributed by atoms with Gasteiger partial charge in [-0.3, -0.25) is 4.79 Å². The van der Waals surface area contributed by atoms with Crippen molar-refractivity contribution in [3.8, 4) is 0 Å². The summed E-state index contributed by atoms with van der Waals surface area (Å²) >= 11 is 0. The van der Waals surface area contributed by atoms with E-state index in [-0.39, 0.29) is 5.97 Å². The zero-order valence-electron chi connectivity index (χ0n) is 8.94. The molecule has 0 saturated heterocycles. The lowest BCUT2D eigenvalue weighted by atomic mass is 10.1. The van der Waals surface area contributed by atoms with Crippen molar-refractivity contribution in [2.45, 2.75) is 12.8 Å². The van der Waals surface area contributed by atoms with E-state index in [1.807, 2.05) is 30.3 Å². The summed E-state index contributed by atoms with van der Waals surface area (Å²) in [7, 11) is 1.58. The van der Waals surface area contributed by atoms with Crippen LogP contribution in [-0.4, -0.2) is 26.3 Å². The van der Waals surface area contributed by atoms with Crippen LogP contribution in [0.3, 0.4) is 0 Å². The van der Waals surface area contributed by atoms with Crippen molar-refractivity contribution in [3.63, 3.8) is 0 Å². The number of carbonyl (C=O) groups is 1. The number of methoxy groups -OCH3 is 1. The zero-order valence-corrected chi connectivity index (χ0v) is 8.94. The van der Waals surface area contributed by atoms with Gasteiger partial charge in [-0.2, -0.15) is 0 Å². The largest absolute Gasteiger partial charge is 0.463 e. The van der Waals surface area contributed by atoms with Crippen LogP contribution in [0, 0.1) is 0 Å². The molecule has 1 aromatic carbocycles. The van der Waals surface area contributed by atoms with Gasteiger partial charge in [0, 0.05) is 13.5 Å². The average molecular weight is 208 g/mol. The fourth-order valence-corrected chi connectivity index (χ4v) is 1.20. The first-order chi connectivity index (χ1) is 7.33. The fourth-order valence-electron chi connectivity index (χ4n) is 1.20. The van der Waals surface area contributed by atoms with Crippen molar-refractivity contribution in [2.24, 2.45) is 0 Å². The molecule has 3 nitrogen and oxygen atoms in total. The number of esters is 1. The topological polar surface area (TPSA) is 35.5 Å². The maximum Gasteiger partial charge on any atom is 0.306 e. The third-order valence-electron chi connectivity index (χ3n) is 2.01. The smallest absolute Gasteiger partial charge is 0.306 e. The van der Waals surface area contributed by atoms with E-state index in [1.54, 1.807) is 7.11 Å². The van der Waals surface area contributed by atoms with Gasteiger partial charge in [0.1, 0.15) is 6.61 Å². The van der Waals surface area contributed by atoms with E-state index in [1.165, 1.54) is 0 Å². The molecular weight excluding hydrogens is 192 g/mol. The average Bonchev–Trinajstić information content (AvgIpc) is 2.28. The van der Waals surface area contributed by atoms with Crippen LogP contribution in [0.25, 0.3) is 0 Å². The monoisotopic (exact) mass is 208 g/mol. The maximum absolute atomic E-state index is 11.2. The Balaban J connectivity index is 2.17. The molecule has 0 atom stereocenters. The van der Waals surface area contributed by atoms with E-state index in [9.17, 15) is 4.79 Å². The number of rotatable bonds is 6. The molecule has 1 rings (SSSR count). The number of benzene rings is 1. The summed E-state index contributed by atoms with van der Waals surface area (Å²) in [6, 6.07) is 9.89. The molecule has 0 unspecified atom stereocenters. The fraction of sp³-hybridized carbons (Fsp3) is 0.417. The summed E-state index contributed by atoms with van der Waals surface area (Å²) < 4.78 is 9.72. The molecule has 1 aromatic rings. The number of ether oxygens (including phenoxy) is 2. The highest BCUT2D eigenvalue weighted by atomic mass is 16.6. The van der Waals surface area contributed by atoms with Crippen molar-refractivity contribution in [1.82, 2.24) is 0 Å². The number of aryl methyl sites for hydroxylation is 1. The molecule has 0 amide bonds. The van der Waals surface area contributed by atoms with Crippen LogP contribution in [0.5, 0.6) is 0 Å². The Labute approximate surface area is 90.0 Å². The van der Waals surface area contributed by atoms with Crippen molar-refractivity contribution in [1.29, 1.82) is 0 Å². The summed E-state index contributed by atoms with van der Waals surface area (Å²) in [6.45, 7) is 0.793. The minimum absolute atomic E-state index is 0.170. The molecule has 0 aliphatic rings. The van der Waals surface area contributed by atoms with Gasteiger partial charge in [0.25, 0.3) is 0 Å². The third kappa shape index (κ3) is 5.18. The number of hydrogen-bond acceptors (Lipinski definition) is 3. The van der Waals surface area contributed by atoms with Gasteiger partial charge in [0.05, 0.1) is 6.61 Å². The first-order valence-corrected chi connectivity index (χ1v) is 5.01. The SMILES string of the molecule is COCCOC(=O)CCc1ccccc1. The third-order valence-corrected chi connectivity index (χ3v) is 2.01. The summed E-state index contributed by atoms with van der Waals surface area (Å²) in [5.74, 6) is -0.170. The van der Waals surface area contributed by atoms with Gasteiger partial charge in [-0.1, -0.05) is 30.3 Å². The summed E-state index contributed by atoms with van der Waals surface area (Å²) in [4.78, 5) is 11.2. The molecule has 3 heteroatoms. The van der Waals surface area contributed by atoms with Crippen molar-refractivity contribution in [2.75, 3.05) is 20.3 Å². The second-order valence-electron chi connectivity index (χ2n) is 3.20. The molecule has 0 bridgehead atoms. The Morgan fingerprint density at radius 3 is 2.60 bits per heavy atom. The lowest BCUT2D eigenvalue weighted by Gasteiger charge is -2.03. The standard InChI is InChI=1S/C12H16O3/c1-14-9-10-15-12(13)8-7-11-5-3-2-4-6-11/h2-6H,7-10H2,1H3. The van der Waals surface area contributed by atoms with Crippen LogP contribution in [-0.2, 0) is 20.7 Å². The molecular formula is C12H16O3. The van der Waals surface area contributed by atoms with E-state index >= 15 is 0 Å². The van der Waals surface area contributed by atoms with Crippen LogP contribution in [0.15, 0.2) is 30.3 Å². The molecule has 0 heterocycles. The predicted octanol–water partition coefficient (Wildman–Crippen LogP) is 1.81. The van der Waals surface area contributed by atoms with Gasteiger partial charge >= 0.3 is 5.97 Å². The van der Waals surface area contributed by atoms with Gasteiger partial charge in [0.2, 0.25) is 0 Å². The Hall–Kier alpha value is -1.35. The summed E-state index contributed by atoms with van der Waals surface area (Å²) in [6.07, 6.45) is 1.15. The normalized spacial score (nSPS) is 9.93. The first-order valence-electron chi connectivity index (χ1n) is 5.01. The van der Waals surface area contributed by atoms with Crippen LogP contribution >= 0.6 is 0 Å². The summed E-state index contributed by atoms with van der Waals surface area (Å²) in [5, 5.41) is 0. The highest BCUT2D eigenvalue weighted by Crippen LogP contribution is 2.02. The van der Waals surface area contributed by atoms with Crippen LogP contribution < -0.4 is 0 Å². The highest BCUT2D eigenvalue weighted by Gasteiger charge is 2.02. The maximum atomic E-state index is 11.2. The van der Waals surface area contributed by atoms with Crippen molar-refractivity contribution < 1.29 is 14.3 Å². The minimum atomic E-state index is -0.170. The Kier molecular flexibility index (Phi) is 5.48. The van der Waals surface area contributed by atoms with Gasteiger partial charge in [-0.15, -0.1) is 0 Å². The van der Waals surface area contributed by atoms with Crippen molar-refractivity contribution >= 4 is 5.97 Å². The van der Waals surface area contributed by atoms with Gasteiger partial charge in [-0.25, -0.2) is 0 Å². The second kappa shape index (κ2) is 7.01. The summed E-state index contributed by atoms with van der Waals surface area (Å²) in [5.41, 5.74) is 1.15. The van der Waals surface area contributed by atoms with Crippen molar-refractivity contribution in [3.05, 3.63) is 35.9 Å². The van der Waals surface area contributed by atoms with Gasteiger partial charge in [0.15, 0.2) is 0 Å². The van der Waals surface area contributed by atoms with Gasteiger partial charge in [-0.05, 0) is 12.0 Å². The van der Waals surface area contributed by atoms with Crippen LogP contribution in [0.4, 0.5) is 0 Å². The molecule has 0 aromatic heterocycles. The predicted molar refractivity (Wildman–Crippen MR) is 57.6 cm³/mol. The van der Waals surface area contributed by atoms with E-state index in [0.29, 0.717) is 19.6 Å². The molecule has 0 saturated carbocycles. The lowest BCUT2D eigenvalue weighted by Crippen LogP contribution is -2.10. The molecule has 0 aliphatic carbocycles. The van der Waals surface area contributed by atoms with Crippen LogP contribution in [0.1, 0.15) is 12.0 Å². The number of carbonyl (C=O) groups excluding carboxylic acids is 1. The molecule has 0 fully saturated rings. The van der Waals surface area contributed by atoms with E-state index in [2.05, 4.69) is 0 Å². The minimum Gasteiger partial charge on any atom is -0.463 e. The Morgan fingerprint density at radius 1 is 1.20 bits per heavy atom. The lowest BCUT2D eigenvalue weighted by molar-refractivity contribution is -0.144. The first kappa shape index (κ1) is 11.7. The Bertz CT molecular complexity index is 282. The molecule has 0 radical (unpaired) electrons.